The highest BCUT2D eigenvalue weighted by molar-refractivity contribution is 7.96. The van der Waals surface area contributed by atoms with Crippen LogP contribution in [0.5, 0.6) is 0 Å². The molecule has 0 unspecified atom stereocenters. The highest BCUT2D eigenvalue weighted by Gasteiger charge is 2.47. The Balaban J connectivity index is 2.95. The topological polar surface area (TPSA) is 428 Å². The highest BCUT2D eigenvalue weighted by Crippen LogP contribution is 2.43. The van der Waals surface area contributed by atoms with Gasteiger partial charge in [-0.1, -0.05) is 38.2 Å². The predicted molar refractivity (Wildman–Crippen MR) is 168 cm³/mol. The third-order valence-electron chi connectivity index (χ3n) is 5.76. The van der Waals surface area contributed by atoms with Gasteiger partial charge in [0.05, 0.1) is 0 Å². The Morgan fingerprint density at radius 3 is 0.870 bits per heavy atom. The first-order chi connectivity index (χ1) is 24.0. The van der Waals surface area contributed by atoms with E-state index in [-0.39, 0.29) is 0 Å². The molecule has 0 aromatic rings. The molecule has 36 heteroatoms. The number of hydrogen-bond donors (Lipinski definition) is 4. The molecule has 0 aromatic carbocycles. The summed E-state index contributed by atoms with van der Waals surface area (Å²) in [6.07, 6.45) is -0.831. The van der Waals surface area contributed by atoms with Crippen molar-refractivity contribution in [2.75, 3.05) is 0 Å². The summed E-state index contributed by atoms with van der Waals surface area (Å²) in [6.45, 7) is 2.33. The summed E-state index contributed by atoms with van der Waals surface area (Å²) in [7, 11) is -46.4. The fraction of sp³-hybridized carbons (Fsp3) is 0.444. The minimum Gasteiger partial charge on any atom is -0.263 e. The van der Waals surface area contributed by atoms with Crippen LogP contribution in [0.1, 0.15) is 26.7 Å². The molecule has 0 heterocycles. The minimum atomic E-state index is -6.00. The Morgan fingerprint density at radius 1 is 0.444 bits per heavy atom. The van der Waals surface area contributed by atoms with E-state index in [1.807, 2.05) is 0 Å². The molecular formula is C18H24O28S8. The normalized spacial score (nSPS) is 25.1. The van der Waals surface area contributed by atoms with Crippen molar-refractivity contribution in [2.24, 2.45) is 0 Å². The maximum Gasteiger partial charge on any atom is 0.417 e. The Labute approximate surface area is 308 Å². The molecule has 0 saturated heterocycles. The lowest BCUT2D eigenvalue weighted by Crippen LogP contribution is -2.43. The molecule has 0 amide bonds. The van der Waals surface area contributed by atoms with Crippen LogP contribution in [0.2, 0.25) is 0 Å². The van der Waals surface area contributed by atoms with E-state index in [1.54, 1.807) is 0 Å². The molecule has 2 aliphatic carbocycles. The van der Waals surface area contributed by atoms with Crippen molar-refractivity contribution in [3.63, 3.8) is 0 Å². The Hall–Kier alpha value is -2.18. The summed E-state index contributed by atoms with van der Waals surface area (Å²) in [5, 5.41) is 0. The molecule has 0 atom stereocenters. The van der Waals surface area contributed by atoms with Crippen LogP contribution < -0.4 is 0 Å². The lowest BCUT2D eigenvalue weighted by Gasteiger charge is -2.39. The van der Waals surface area contributed by atoms with Gasteiger partial charge in [-0.15, -0.1) is 14.5 Å². The lowest BCUT2D eigenvalue weighted by molar-refractivity contribution is 0.155. The first kappa shape index (κ1) is 48.0. The molecule has 312 valence electrons. The standard InChI is InChI=1S/C18H24O28S8/c1-3-15(17(41-53(35,36)45-49(25,26)27)9-5-13(6-10-17)39-51(31,32)43-47(19,20)21)16(4-2)18(42-54(37,38)46-50(28,29)30)11-7-14(8-12-18)40-52(33,34)44-48(22,23)24/h5-14H,3-4H2,1-2H3,(H,19,20,21)(H,22,23,24)(H,25,26,27)(H,28,29,30)/b16-15+. The van der Waals surface area contributed by atoms with E-state index in [1.165, 1.54) is 13.8 Å². The van der Waals surface area contributed by atoms with Gasteiger partial charge in [-0.25, -0.2) is 16.7 Å². The van der Waals surface area contributed by atoms with Gasteiger partial charge < -0.3 is 0 Å². The number of rotatable bonds is 20. The van der Waals surface area contributed by atoms with Gasteiger partial charge in [0.2, 0.25) is 0 Å². The average Bonchev–Trinajstić information content (AvgIpc) is 2.87. The predicted octanol–water partition coefficient (Wildman–Crippen LogP) is -2.11. The first-order valence-electron chi connectivity index (χ1n) is 13.0. The first-order valence-corrected chi connectivity index (χ1v) is 23.8. The molecule has 4 N–H and O–H groups in total. The van der Waals surface area contributed by atoms with Crippen molar-refractivity contribution in [1.29, 1.82) is 0 Å². The van der Waals surface area contributed by atoms with E-state index in [4.69, 9.17) is 26.6 Å². The zero-order chi connectivity index (χ0) is 42.0. The summed E-state index contributed by atoms with van der Waals surface area (Å²) in [5.41, 5.74) is -6.98. The Morgan fingerprint density at radius 2 is 0.667 bits per heavy atom. The highest BCUT2D eigenvalue weighted by atomic mass is 32.3. The summed E-state index contributed by atoms with van der Waals surface area (Å²) in [6, 6.07) is 0. The molecular weight excluding hydrogens is 921 g/mol. The lowest BCUT2D eigenvalue weighted by atomic mass is 9.76. The maximum atomic E-state index is 12.7. The van der Waals surface area contributed by atoms with Gasteiger partial charge in [0.25, 0.3) is 0 Å². The fourth-order valence-electron chi connectivity index (χ4n) is 4.47. The smallest absolute Gasteiger partial charge is 0.263 e. The largest absolute Gasteiger partial charge is 0.417 e. The summed E-state index contributed by atoms with van der Waals surface area (Å²) in [4.78, 5) is 0. The van der Waals surface area contributed by atoms with Crippen molar-refractivity contribution in [1.82, 2.24) is 0 Å². The molecule has 0 bridgehead atoms. The van der Waals surface area contributed by atoms with Crippen LogP contribution in [0.15, 0.2) is 59.8 Å². The second kappa shape index (κ2) is 16.4. The van der Waals surface area contributed by atoms with E-state index in [0.717, 1.165) is 0 Å². The molecule has 2 rings (SSSR count). The van der Waals surface area contributed by atoms with E-state index in [2.05, 4.69) is 22.9 Å². The van der Waals surface area contributed by atoms with Crippen LogP contribution in [-0.4, -0.2) is 109 Å². The molecule has 0 aliphatic heterocycles. The van der Waals surface area contributed by atoms with Crippen LogP contribution >= 0.6 is 0 Å². The van der Waals surface area contributed by atoms with Crippen LogP contribution in [0.3, 0.4) is 0 Å². The van der Waals surface area contributed by atoms with Crippen LogP contribution in [-0.2, 0) is 114 Å². The van der Waals surface area contributed by atoms with Gasteiger partial charge in [-0.3, -0.25) is 18.2 Å². The van der Waals surface area contributed by atoms with Crippen LogP contribution in [0, 0.1) is 0 Å². The Kier molecular flexibility index (Phi) is 14.5. The van der Waals surface area contributed by atoms with Crippen molar-refractivity contribution in [3.8, 4) is 0 Å². The minimum absolute atomic E-state index is 0.526. The molecule has 0 aromatic heterocycles. The zero-order valence-corrected chi connectivity index (χ0v) is 32.6. The van der Waals surface area contributed by atoms with Gasteiger partial charge in [0, 0.05) is 0 Å². The van der Waals surface area contributed by atoms with Gasteiger partial charge >= 0.3 is 83.2 Å². The maximum absolute atomic E-state index is 12.7. The monoisotopic (exact) mass is 944 g/mol. The molecule has 0 radical (unpaired) electrons. The van der Waals surface area contributed by atoms with Crippen molar-refractivity contribution in [2.45, 2.75) is 50.1 Å². The van der Waals surface area contributed by atoms with Gasteiger partial charge in [0.1, 0.15) is 23.4 Å². The van der Waals surface area contributed by atoms with Gasteiger partial charge in [0.15, 0.2) is 0 Å². The molecule has 0 saturated carbocycles. The summed E-state index contributed by atoms with van der Waals surface area (Å²) >= 11 is 0. The van der Waals surface area contributed by atoms with Crippen molar-refractivity contribution in [3.05, 3.63) is 59.8 Å². The molecule has 0 fully saturated rings. The summed E-state index contributed by atoms with van der Waals surface area (Å²) < 4.78 is 255. The van der Waals surface area contributed by atoms with Gasteiger partial charge in [-0.05, 0) is 48.3 Å². The molecule has 0 spiro atoms. The van der Waals surface area contributed by atoms with E-state index >= 15 is 0 Å². The molecule has 54 heavy (non-hydrogen) atoms. The second-order valence-corrected chi connectivity index (χ2v) is 19.2. The quantitative estimate of drug-likeness (QED) is 0.0749. The SMILES string of the molecule is CC/C(=C(/CC)C1(OS(=O)(=O)OS(=O)(=O)O)C=CC(OS(=O)(=O)OS(=O)(=O)O)C=C1)C1(OS(=O)(=O)OS(=O)(=O)O)C=CC(OS(=O)(=O)OS(=O)(=O)O)C=C1. The summed E-state index contributed by atoms with van der Waals surface area (Å²) in [5.74, 6) is 0. The second-order valence-electron chi connectivity index (χ2n) is 9.59. The van der Waals surface area contributed by atoms with Crippen molar-refractivity contribution >= 4 is 83.2 Å². The third kappa shape index (κ3) is 15.4. The fourth-order valence-corrected chi connectivity index (χ4v) is 10.2. The number of hydrogen-bond acceptors (Lipinski definition) is 24. The zero-order valence-electron chi connectivity index (χ0n) is 26.0. The Bertz CT molecular complexity index is 2310. The van der Waals surface area contributed by atoms with Crippen molar-refractivity contribution < 1.29 is 117 Å². The third-order valence-corrected chi connectivity index (χ3v) is 13.1. The van der Waals surface area contributed by atoms with E-state index in [9.17, 15) is 67.3 Å². The van der Waals surface area contributed by atoms with Gasteiger partial charge in [-0.2, -0.15) is 67.3 Å². The molecule has 2 aliphatic rings. The van der Waals surface area contributed by atoms with E-state index < -0.39 is 131 Å². The average molecular weight is 945 g/mol. The van der Waals surface area contributed by atoms with E-state index in [0.29, 0.717) is 48.6 Å². The van der Waals surface area contributed by atoms with Crippen LogP contribution in [0.25, 0.3) is 0 Å². The van der Waals surface area contributed by atoms with Crippen LogP contribution in [0.4, 0.5) is 0 Å². The molecule has 28 nitrogen and oxygen atoms in total.